The van der Waals surface area contributed by atoms with Crippen LogP contribution in [0.4, 0.5) is 4.39 Å². The molecule has 5 heteroatoms. The topological polar surface area (TPSA) is 47.6 Å². The van der Waals surface area contributed by atoms with Gasteiger partial charge in [-0.2, -0.15) is 0 Å². The Hall–Kier alpha value is -1.62. The highest BCUT2D eigenvalue weighted by atomic mass is 19.1. The first-order valence-electron chi connectivity index (χ1n) is 5.76. The fourth-order valence-corrected chi connectivity index (χ4v) is 1.70. The van der Waals surface area contributed by atoms with E-state index in [1.165, 1.54) is 20.3 Å². The normalized spacial score (nSPS) is 12.0. The molecule has 1 aromatic rings. The third-order valence-electron chi connectivity index (χ3n) is 2.63. The van der Waals surface area contributed by atoms with E-state index < -0.39 is 5.82 Å². The van der Waals surface area contributed by atoms with Gasteiger partial charge in [-0.3, -0.25) is 4.79 Å². The molecule has 1 aromatic carbocycles. The fraction of sp³-hybridized carbons (Fsp3) is 0.462. The number of hydrogen-bond donors (Lipinski definition) is 1. The lowest BCUT2D eigenvalue weighted by molar-refractivity contribution is -0.141. The van der Waals surface area contributed by atoms with Crippen molar-refractivity contribution in [3.8, 4) is 5.75 Å². The van der Waals surface area contributed by atoms with Crippen LogP contribution >= 0.6 is 0 Å². The zero-order chi connectivity index (χ0) is 13.5. The molecule has 4 nitrogen and oxygen atoms in total. The molecule has 0 amide bonds. The number of halogens is 1. The lowest BCUT2D eigenvalue weighted by Gasteiger charge is -2.17. The maximum absolute atomic E-state index is 13.6. The molecule has 0 heterocycles. The molecule has 0 fully saturated rings. The van der Waals surface area contributed by atoms with Gasteiger partial charge >= 0.3 is 5.97 Å². The zero-order valence-electron chi connectivity index (χ0n) is 10.8. The highest BCUT2D eigenvalue weighted by Gasteiger charge is 2.17. The average Bonchev–Trinajstić information content (AvgIpc) is 2.38. The van der Waals surface area contributed by atoms with Gasteiger partial charge in [0.1, 0.15) is 0 Å². The highest BCUT2D eigenvalue weighted by molar-refractivity contribution is 5.70. The predicted molar refractivity (Wildman–Crippen MR) is 66.0 cm³/mol. The van der Waals surface area contributed by atoms with Crippen LogP contribution in [0.5, 0.6) is 5.75 Å². The lowest BCUT2D eigenvalue weighted by Crippen LogP contribution is -2.24. The second kappa shape index (κ2) is 6.96. The van der Waals surface area contributed by atoms with E-state index in [9.17, 15) is 9.18 Å². The molecule has 0 saturated carbocycles. The molecule has 0 aliphatic rings. The van der Waals surface area contributed by atoms with Gasteiger partial charge in [-0.25, -0.2) is 4.39 Å². The van der Waals surface area contributed by atoms with Gasteiger partial charge in [0.05, 0.1) is 20.6 Å². The second-order valence-electron chi connectivity index (χ2n) is 3.78. The van der Waals surface area contributed by atoms with Crippen LogP contribution in [0.3, 0.4) is 0 Å². The van der Waals surface area contributed by atoms with Crippen LogP contribution in [-0.2, 0) is 9.53 Å². The molecular formula is C13H18FNO3. The van der Waals surface area contributed by atoms with E-state index in [1.807, 2.05) is 6.92 Å². The van der Waals surface area contributed by atoms with E-state index in [1.54, 1.807) is 12.1 Å². The van der Waals surface area contributed by atoms with Gasteiger partial charge in [-0.05, 0) is 24.2 Å². The minimum atomic E-state index is -0.442. The molecule has 0 aliphatic carbocycles. The van der Waals surface area contributed by atoms with E-state index in [0.717, 1.165) is 0 Å². The summed E-state index contributed by atoms with van der Waals surface area (Å²) in [7, 11) is 2.74. The van der Waals surface area contributed by atoms with E-state index in [0.29, 0.717) is 12.1 Å². The van der Waals surface area contributed by atoms with Gasteiger partial charge in [0.15, 0.2) is 11.6 Å². The van der Waals surface area contributed by atoms with E-state index in [-0.39, 0.29) is 24.2 Å². The van der Waals surface area contributed by atoms with Crippen molar-refractivity contribution in [2.45, 2.75) is 19.4 Å². The van der Waals surface area contributed by atoms with Crippen molar-refractivity contribution in [1.82, 2.24) is 5.32 Å². The SMILES string of the molecule is CCNC(CC(=O)OC)c1ccc(OC)c(F)c1. The molecule has 0 spiro atoms. The lowest BCUT2D eigenvalue weighted by atomic mass is 10.0. The number of carbonyl (C=O) groups is 1. The number of hydrogen-bond acceptors (Lipinski definition) is 4. The van der Waals surface area contributed by atoms with Crippen LogP contribution in [0.2, 0.25) is 0 Å². The van der Waals surface area contributed by atoms with E-state index in [4.69, 9.17) is 4.74 Å². The Morgan fingerprint density at radius 3 is 2.67 bits per heavy atom. The van der Waals surface area contributed by atoms with E-state index in [2.05, 4.69) is 10.1 Å². The van der Waals surface area contributed by atoms with Crippen molar-refractivity contribution in [2.24, 2.45) is 0 Å². The van der Waals surface area contributed by atoms with Crippen molar-refractivity contribution >= 4 is 5.97 Å². The molecule has 0 aliphatic heterocycles. The largest absolute Gasteiger partial charge is 0.494 e. The summed E-state index contributed by atoms with van der Waals surface area (Å²) in [5.74, 6) is -0.591. The van der Waals surface area contributed by atoms with Crippen molar-refractivity contribution in [3.05, 3.63) is 29.6 Å². The smallest absolute Gasteiger partial charge is 0.307 e. The van der Waals surface area contributed by atoms with Gasteiger partial charge in [-0.1, -0.05) is 13.0 Å². The number of esters is 1. The summed E-state index contributed by atoms with van der Waals surface area (Å²) in [6, 6.07) is 4.39. The summed E-state index contributed by atoms with van der Waals surface area (Å²) in [6.45, 7) is 2.60. The Morgan fingerprint density at radius 2 is 2.17 bits per heavy atom. The third kappa shape index (κ3) is 3.70. The van der Waals surface area contributed by atoms with Crippen molar-refractivity contribution in [3.63, 3.8) is 0 Å². The molecule has 0 saturated heterocycles. The molecular weight excluding hydrogens is 237 g/mol. The Labute approximate surface area is 106 Å². The molecule has 0 radical (unpaired) electrons. The van der Waals surface area contributed by atoms with Crippen molar-refractivity contribution in [1.29, 1.82) is 0 Å². The van der Waals surface area contributed by atoms with E-state index >= 15 is 0 Å². The molecule has 18 heavy (non-hydrogen) atoms. The molecule has 0 bridgehead atoms. The van der Waals surface area contributed by atoms with Crippen LogP contribution in [0, 0.1) is 5.82 Å². The molecule has 1 N–H and O–H groups in total. The maximum Gasteiger partial charge on any atom is 0.307 e. The van der Waals surface area contributed by atoms with Crippen LogP contribution in [0.1, 0.15) is 24.9 Å². The van der Waals surface area contributed by atoms with Crippen LogP contribution in [0.15, 0.2) is 18.2 Å². The number of rotatable bonds is 6. The Balaban J connectivity index is 2.91. The summed E-state index contributed by atoms with van der Waals surface area (Å²) in [5.41, 5.74) is 0.695. The molecule has 1 rings (SSSR count). The predicted octanol–water partition coefficient (Wildman–Crippen LogP) is 2.05. The van der Waals surface area contributed by atoms with Crippen LogP contribution in [-0.4, -0.2) is 26.7 Å². The standard InChI is InChI=1S/C13H18FNO3/c1-4-15-11(8-13(16)18-3)9-5-6-12(17-2)10(14)7-9/h5-7,11,15H,4,8H2,1-3H3. The first kappa shape index (κ1) is 14.4. The Morgan fingerprint density at radius 1 is 1.44 bits per heavy atom. The molecule has 100 valence electrons. The van der Waals surface area contributed by atoms with Gasteiger partial charge < -0.3 is 14.8 Å². The van der Waals surface area contributed by atoms with Gasteiger partial charge in [0.25, 0.3) is 0 Å². The Bertz CT molecular complexity index is 409. The average molecular weight is 255 g/mol. The quantitative estimate of drug-likeness (QED) is 0.790. The summed E-state index contributed by atoms with van der Waals surface area (Å²) >= 11 is 0. The number of benzene rings is 1. The molecule has 1 atom stereocenters. The molecule has 1 unspecified atom stereocenters. The maximum atomic E-state index is 13.6. The van der Waals surface area contributed by atoms with Crippen molar-refractivity contribution < 1.29 is 18.7 Å². The summed E-state index contributed by atoms with van der Waals surface area (Å²) in [5, 5.41) is 3.12. The first-order chi connectivity index (χ1) is 8.62. The highest BCUT2D eigenvalue weighted by Crippen LogP contribution is 2.23. The Kier molecular flexibility index (Phi) is 5.58. The summed E-state index contributed by atoms with van der Waals surface area (Å²) in [6.07, 6.45) is 0.163. The first-order valence-corrected chi connectivity index (χ1v) is 5.76. The van der Waals surface area contributed by atoms with Crippen LogP contribution in [0.25, 0.3) is 0 Å². The number of carbonyl (C=O) groups excluding carboxylic acids is 1. The number of methoxy groups -OCH3 is 2. The van der Waals surface area contributed by atoms with Gasteiger partial charge in [0, 0.05) is 6.04 Å². The minimum absolute atomic E-state index is 0.163. The zero-order valence-corrected chi connectivity index (χ0v) is 10.8. The van der Waals surface area contributed by atoms with Crippen molar-refractivity contribution in [2.75, 3.05) is 20.8 Å². The number of nitrogens with one attached hydrogen (secondary N) is 1. The molecule has 0 aromatic heterocycles. The van der Waals surface area contributed by atoms with Crippen LogP contribution < -0.4 is 10.1 Å². The summed E-state index contributed by atoms with van der Waals surface area (Å²) in [4.78, 5) is 11.3. The number of ether oxygens (including phenoxy) is 2. The fourth-order valence-electron chi connectivity index (χ4n) is 1.70. The van der Waals surface area contributed by atoms with Gasteiger partial charge in [-0.15, -0.1) is 0 Å². The monoisotopic (exact) mass is 255 g/mol. The second-order valence-corrected chi connectivity index (χ2v) is 3.78. The van der Waals surface area contributed by atoms with Gasteiger partial charge in [0.2, 0.25) is 0 Å². The summed E-state index contributed by atoms with van der Waals surface area (Å²) < 4.78 is 23.1. The third-order valence-corrected chi connectivity index (χ3v) is 2.63. The minimum Gasteiger partial charge on any atom is -0.494 e.